The van der Waals surface area contributed by atoms with Gasteiger partial charge in [-0.2, -0.15) is 0 Å². The van der Waals surface area contributed by atoms with Gasteiger partial charge in [-0.1, -0.05) is 103 Å². The summed E-state index contributed by atoms with van der Waals surface area (Å²) in [5, 5.41) is 0. The number of ether oxygens (including phenoxy) is 2. The average molecular weight is 524 g/mol. The van der Waals surface area contributed by atoms with Crippen molar-refractivity contribution in [1.29, 1.82) is 0 Å². The van der Waals surface area contributed by atoms with Gasteiger partial charge in [0.15, 0.2) is 0 Å². The minimum atomic E-state index is -4.33. The van der Waals surface area contributed by atoms with Gasteiger partial charge in [0.25, 0.3) is 7.82 Å². The lowest BCUT2D eigenvalue weighted by atomic mass is 10.0. The number of phosphoric acid groups is 1. The molecule has 0 radical (unpaired) electrons. The van der Waals surface area contributed by atoms with Crippen LogP contribution in [0, 0.1) is 0 Å². The number of hydrogen-bond acceptors (Lipinski definition) is 6. The van der Waals surface area contributed by atoms with Gasteiger partial charge in [0, 0.05) is 13.7 Å². The van der Waals surface area contributed by atoms with Crippen LogP contribution in [-0.4, -0.2) is 71.8 Å². The number of methoxy groups -OCH3 is 1. The van der Waals surface area contributed by atoms with Gasteiger partial charge >= 0.3 is 0 Å². The summed E-state index contributed by atoms with van der Waals surface area (Å²) in [4.78, 5) is 11.9. The zero-order valence-corrected chi connectivity index (χ0v) is 24.7. The van der Waals surface area contributed by atoms with Crippen molar-refractivity contribution in [3.05, 3.63) is 0 Å². The van der Waals surface area contributed by atoms with Crippen molar-refractivity contribution in [3.8, 4) is 0 Å². The van der Waals surface area contributed by atoms with Gasteiger partial charge in [-0.15, -0.1) is 0 Å². The normalized spacial score (nSPS) is 14.8. The zero-order chi connectivity index (χ0) is 26.3. The Morgan fingerprint density at radius 3 is 1.57 bits per heavy atom. The van der Waals surface area contributed by atoms with Crippen LogP contribution in [0.25, 0.3) is 0 Å². The van der Waals surface area contributed by atoms with Gasteiger partial charge < -0.3 is 27.9 Å². The Kier molecular flexibility index (Phi) is 23.1. The van der Waals surface area contributed by atoms with Crippen molar-refractivity contribution in [3.63, 3.8) is 0 Å². The Morgan fingerprint density at radius 2 is 1.14 bits per heavy atom. The van der Waals surface area contributed by atoms with Crippen LogP contribution in [0.1, 0.15) is 110 Å². The molecular formula is C27H58NO6P. The van der Waals surface area contributed by atoms with Crippen LogP contribution in [0.5, 0.6) is 0 Å². The molecule has 0 aromatic carbocycles. The van der Waals surface area contributed by atoms with Crippen molar-refractivity contribution in [2.75, 3.05) is 61.2 Å². The standard InChI is InChI=1S/C27H58NO6P/c1-6-7-8-9-10-11-12-13-14-15-16-17-18-19-20-21-23-32-27(25-31-5)26-34-35(29,30)33-24-22-28(2,3)4/h27H,6-26H2,1-5H3/t27-/m0/s1. The quantitative estimate of drug-likeness (QED) is 0.0696. The van der Waals surface area contributed by atoms with E-state index in [9.17, 15) is 9.46 Å². The molecule has 0 heterocycles. The summed E-state index contributed by atoms with van der Waals surface area (Å²) in [6.45, 7) is 3.73. The topological polar surface area (TPSA) is 77.1 Å². The number of hydrogen-bond donors (Lipinski definition) is 0. The minimum Gasteiger partial charge on any atom is -0.756 e. The predicted molar refractivity (Wildman–Crippen MR) is 144 cm³/mol. The average Bonchev–Trinajstić information content (AvgIpc) is 2.78. The van der Waals surface area contributed by atoms with Crippen molar-refractivity contribution in [2.24, 2.45) is 0 Å². The summed E-state index contributed by atoms with van der Waals surface area (Å²) in [5.74, 6) is 0. The SMILES string of the molecule is CCCCCCCCCCCCCCCCCCO[C@@H](COC)COP(=O)([O-])OCC[N+](C)(C)C. The monoisotopic (exact) mass is 523 g/mol. The van der Waals surface area contributed by atoms with Crippen molar-refractivity contribution in [1.82, 2.24) is 0 Å². The first-order valence-corrected chi connectivity index (χ1v) is 15.7. The van der Waals surface area contributed by atoms with Crippen LogP contribution >= 0.6 is 7.82 Å². The molecule has 0 aliphatic carbocycles. The van der Waals surface area contributed by atoms with E-state index in [-0.39, 0.29) is 19.8 Å². The van der Waals surface area contributed by atoms with Crippen LogP contribution in [0.3, 0.4) is 0 Å². The number of phosphoric ester groups is 1. The molecule has 0 bridgehead atoms. The fraction of sp³-hybridized carbons (Fsp3) is 1.00. The van der Waals surface area contributed by atoms with E-state index in [1.54, 1.807) is 7.11 Å². The van der Waals surface area contributed by atoms with E-state index in [2.05, 4.69) is 6.92 Å². The third-order valence-electron chi connectivity index (χ3n) is 6.13. The molecule has 0 aromatic heterocycles. The second-order valence-corrected chi connectivity index (χ2v) is 12.3. The first kappa shape index (κ1) is 35.0. The first-order chi connectivity index (χ1) is 16.7. The molecule has 0 rings (SSSR count). The Bertz CT molecular complexity index is 501. The molecule has 1 unspecified atom stereocenters. The van der Waals surface area contributed by atoms with Gasteiger partial charge in [-0.3, -0.25) is 4.57 Å². The molecule has 0 aliphatic rings. The molecular weight excluding hydrogens is 465 g/mol. The lowest BCUT2D eigenvalue weighted by Gasteiger charge is -2.28. The summed E-state index contributed by atoms with van der Waals surface area (Å²) in [7, 11) is 3.16. The molecule has 0 amide bonds. The van der Waals surface area contributed by atoms with Crippen molar-refractivity contribution >= 4 is 7.82 Å². The molecule has 212 valence electrons. The zero-order valence-electron chi connectivity index (χ0n) is 23.8. The van der Waals surface area contributed by atoms with Gasteiger partial charge in [-0.05, 0) is 6.42 Å². The van der Waals surface area contributed by atoms with E-state index in [0.717, 1.165) is 12.8 Å². The molecule has 7 nitrogen and oxygen atoms in total. The Morgan fingerprint density at radius 1 is 0.686 bits per heavy atom. The van der Waals surface area contributed by atoms with Crippen LogP contribution in [0.15, 0.2) is 0 Å². The number of likely N-dealkylation sites (N-methyl/N-ethyl adjacent to an activating group) is 1. The summed E-state index contributed by atoms with van der Waals surface area (Å²) < 4.78 is 33.4. The van der Waals surface area contributed by atoms with Crippen LogP contribution in [0.2, 0.25) is 0 Å². The van der Waals surface area contributed by atoms with E-state index in [4.69, 9.17) is 18.5 Å². The van der Waals surface area contributed by atoms with Crippen LogP contribution < -0.4 is 4.89 Å². The Labute approximate surface area is 217 Å². The lowest BCUT2D eigenvalue weighted by Crippen LogP contribution is -2.37. The third kappa shape index (κ3) is 26.9. The maximum Gasteiger partial charge on any atom is 0.268 e. The summed E-state index contributed by atoms with van der Waals surface area (Å²) in [5.41, 5.74) is 0. The molecule has 8 heteroatoms. The van der Waals surface area contributed by atoms with E-state index >= 15 is 0 Å². The van der Waals surface area contributed by atoms with E-state index in [1.807, 2.05) is 21.1 Å². The number of nitrogens with zero attached hydrogens (tertiary/aromatic N) is 1. The molecule has 0 aromatic rings. The molecule has 0 saturated heterocycles. The Hall–Kier alpha value is -0.0100. The lowest BCUT2D eigenvalue weighted by molar-refractivity contribution is -0.870. The van der Waals surface area contributed by atoms with Crippen molar-refractivity contribution < 1.29 is 32.5 Å². The van der Waals surface area contributed by atoms with E-state index < -0.39 is 13.9 Å². The third-order valence-corrected chi connectivity index (χ3v) is 7.10. The van der Waals surface area contributed by atoms with Gasteiger partial charge in [0.2, 0.25) is 0 Å². The highest BCUT2D eigenvalue weighted by Crippen LogP contribution is 2.38. The van der Waals surface area contributed by atoms with Gasteiger partial charge in [0.1, 0.15) is 19.3 Å². The maximum atomic E-state index is 11.9. The van der Waals surface area contributed by atoms with Crippen LogP contribution in [-0.2, 0) is 23.1 Å². The van der Waals surface area contributed by atoms with E-state index in [0.29, 0.717) is 17.6 Å². The van der Waals surface area contributed by atoms with Crippen molar-refractivity contribution in [2.45, 2.75) is 116 Å². The number of unbranched alkanes of at least 4 members (excludes halogenated alkanes) is 15. The molecule has 0 saturated carbocycles. The second kappa shape index (κ2) is 23.1. The molecule has 0 aliphatic heterocycles. The van der Waals surface area contributed by atoms with Gasteiger partial charge in [0.05, 0.1) is 34.4 Å². The molecule has 2 atom stereocenters. The fourth-order valence-corrected chi connectivity index (χ4v) is 4.60. The highest BCUT2D eigenvalue weighted by atomic mass is 31.2. The summed E-state index contributed by atoms with van der Waals surface area (Å²) in [6.07, 6.45) is 20.9. The molecule has 0 spiro atoms. The highest BCUT2D eigenvalue weighted by Gasteiger charge is 2.17. The maximum absolute atomic E-state index is 11.9. The van der Waals surface area contributed by atoms with Gasteiger partial charge in [-0.25, -0.2) is 0 Å². The minimum absolute atomic E-state index is 0.0855. The molecule has 35 heavy (non-hydrogen) atoms. The summed E-state index contributed by atoms with van der Waals surface area (Å²) >= 11 is 0. The number of rotatable bonds is 27. The highest BCUT2D eigenvalue weighted by molar-refractivity contribution is 7.45. The first-order valence-electron chi connectivity index (χ1n) is 14.2. The van der Waals surface area contributed by atoms with Crippen LogP contribution in [0.4, 0.5) is 0 Å². The molecule has 0 fully saturated rings. The molecule has 0 N–H and O–H groups in total. The number of quaternary nitrogens is 1. The smallest absolute Gasteiger partial charge is 0.268 e. The second-order valence-electron chi connectivity index (χ2n) is 10.8. The Balaban J connectivity index is 3.62. The largest absolute Gasteiger partial charge is 0.756 e. The predicted octanol–water partition coefficient (Wildman–Crippen LogP) is 6.49. The summed E-state index contributed by atoms with van der Waals surface area (Å²) in [6, 6.07) is 0. The van der Waals surface area contributed by atoms with E-state index in [1.165, 1.54) is 89.9 Å². The fourth-order valence-electron chi connectivity index (χ4n) is 3.87.